The minimum atomic E-state index is -0.365. The normalized spacial score (nSPS) is 14.4. The average molecular weight is 237 g/mol. The zero-order valence-electron chi connectivity index (χ0n) is 9.68. The van der Waals surface area contributed by atoms with E-state index in [0.717, 1.165) is 12.8 Å². The fraction of sp³-hybridized carbons (Fsp3) is 0.545. The summed E-state index contributed by atoms with van der Waals surface area (Å²) in [7, 11) is 0. The van der Waals surface area contributed by atoms with Gasteiger partial charge in [0.1, 0.15) is 6.54 Å². The van der Waals surface area contributed by atoms with Crippen molar-refractivity contribution in [2.24, 2.45) is 0 Å². The predicted octanol–water partition coefficient (Wildman–Crippen LogP) is 0.577. The Morgan fingerprint density at radius 3 is 2.88 bits per heavy atom. The molecule has 1 aromatic rings. The van der Waals surface area contributed by atoms with Gasteiger partial charge in [0.25, 0.3) is 5.91 Å². The van der Waals surface area contributed by atoms with Gasteiger partial charge in [-0.25, -0.2) is 0 Å². The van der Waals surface area contributed by atoms with Crippen LogP contribution in [0.1, 0.15) is 30.1 Å². The second-order valence-corrected chi connectivity index (χ2v) is 3.96. The number of nitrogens with one attached hydrogen (secondary N) is 1. The van der Waals surface area contributed by atoms with Crippen LogP contribution >= 0.6 is 0 Å². The van der Waals surface area contributed by atoms with Crippen molar-refractivity contribution >= 4 is 11.9 Å². The number of carbonyl (C=O) groups is 2. The van der Waals surface area contributed by atoms with Gasteiger partial charge in [-0.3, -0.25) is 14.7 Å². The van der Waals surface area contributed by atoms with Crippen molar-refractivity contribution in [3.63, 3.8) is 0 Å². The van der Waals surface area contributed by atoms with Gasteiger partial charge in [-0.15, -0.1) is 0 Å². The molecule has 0 atom stereocenters. The zero-order valence-corrected chi connectivity index (χ0v) is 9.68. The number of esters is 1. The second-order valence-electron chi connectivity index (χ2n) is 3.96. The van der Waals surface area contributed by atoms with Crippen molar-refractivity contribution in [2.45, 2.75) is 25.8 Å². The molecule has 1 fully saturated rings. The largest absolute Gasteiger partial charge is 0.465 e. The van der Waals surface area contributed by atoms with Crippen LogP contribution in [-0.4, -0.2) is 46.2 Å². The lowest BCUT2D eigenvalue weighted by molar-refractivity contribution is -0.144. The van der Waals surface area contributed by atoms with Crippen molar-refractivity contribution < 1.29 is 14.3 Å². The lowest BCUT2D eigenvalue weighted by Gasteiger charge is -2.20. The third-order valence-corrected chi connectivity index (χ3v) is 2.60. The molecular formula is C11H15N3O3. The molecule has 0 bridgehead atoms. The second kappa shape index (κ2) is 4.99. The summed E-state index contributed by atoms with van der Waals surface area (Å²) < 4.78 is 4.86. The number of aromatic nitrogens is 2. The molecule has 1 aromatic heterocycles. The number of nitrogens with zero attached hydrogens (tertiary/aromatic N) is 2. The van der Waals surface area contributed by atoms with E-state index in [1.807, 2.05) is 0 Å². The number of H-pyrrole nitrogens is 1. The van der Waals surface area contributed by atoms with Gasteiger partial charge >= 0.3 is 5.97 Å². The molecular weight excluding hydrogens is 222 g/mol. The maximum Gasteiger partial charge on any atom is 0.325 e. The molecule has 17 heavy (non-hydrogen) atoms. The SMILES string of the molecule is CCOC(=O)CN(C(=O)c1cn[nH]c1)C1CC1. The van der Waals surface area contributed by atoms with Crippen LogP contribution in [-0.2, 0) is 9.53 Å². The van der Waals surface area contributed by atoms with Crippen LogP contribution in [0.2, 0.25) is 0 Å². The Balaban J connectivity index is 2.02. The van der Waals surface area contributed by atoms with E-state index in [1.165, 1.54) is 12.4 Å². The number of ether oxygens (including phenoxy) is 1. The molecule has 1 aliphatic carbocycles. The molecule has 1 heterocycles. The van der Waals surface area contributed by atoms with E-state index in [0.29, 0.717) is 12.2 Å². The van der Waals surface area contributed by atoms with Crippen LogP contribution in [0.4, 0.5) is 0 Å². The molecule has 1 amide bonds. The average Bonchev–Trinajstić information content (AvgIpc) is 3.00. The molecule has 0 aromatic carbocycles. The molecule has 92 valence electrons. The van der Waals surface area contributed by atoms with Crippen molar-refractivity contribution in [1.29, 1.82) is 0 Å². The molecule has 6 nitrogen and oxygen atoms in total. The summed E-state index contributed by atoms with van der Waals surface area (Å²) >= 11 is 0. The summed E-state index contributed by atoms with van der Waals surface area (Å²) in [6, 6.07) is 0.168. The summed E-state index contributed by atoms with van der Waals surface area (Å²) in [6.07, 6.45) is 4.89. The van der Waals surface area contributed by atoms with Gasteiger partial charge in [-0.2, -0.15) is 5.10 Å². The molecule has 0 unspecified atom stereocenters. The monoisotopic (exact) mass is 237 g/mol. The number of amides is 1. The molecule has 1 saturated carbocycles. The third-order valence-electron chi connectivity index (χ3n) is 2.60. The molecule has 1 aliphatic rings. The molecule has 0 aliphatic heterocycles. The first-order chi connectivity index (χ1) is 8.22. The number of carbonyl (C=O) groups excluding carboxylic acids is 2. The Hall–Kier alpha value is -1.85. The Labute approximate surface area is 98.9 Å². The molecule has 2 rings (SSSR count). The van der Waals surface area contributed by atoms with E-state index in [2.05, 4.69) is 10.2 Å². The maximum absolute atomic E-state index is 12.1. The van der Waals surface area contributed by atoms with Gasteiger partial charge in [0, 0.05) is 12.2 Å². The fourth-order valence-electron chi connectivity index (χ4n) is 1.63. The lowest BCUT2D eigenvalue weighted by atomic mass is 10.3. The van der Waals surface area contributed by atoms with E-state index < -0.39 is 0 Å². The van der Waals surface area contributed by atoms with Crippen molar-refractivity contribution in [1.82, 2.24) is 15.1 Å². The van der Waals surface area contributed by atoms with Crippen LogP contribution in [0.15, 0.2) is 12.4 Å². The zero-order chi connectivity index (χ0) is 12.3. The summed E-state index contributed by atoms with van der Waals surface area (Å²) in [5, 5.41) is 6.32. The standard InChI is InChI=1S/C11H15N3O3/c1-2-17-10(15)7-14(9-3-4-9)11(16)8-5-12-13-6-8/h5-6,9H,2-4,7H2,1H3,(H,12,13). The Morgan fingerprint density at radius 2 is 2.35 bits per heavy atom. The summed E-state index contributed by atoms with van der Waals surface area (Å²) in [6.45, 7) is 2.09. The Morgan fingerprint density at radius 1 is 1.59 bits per heavy atom. The third kappa shape index (κ3) is 2.83. The van der Waals surface area contributed by atoms with Crippen LogP contribution in [0.25, 0.3) is 0 Å². The van der Waals surface area contributed by atoms with E-state index >= 15 is 0 Å². The van der Waals surface area contributed by atoms with E-state index in [-0.39, 0.29) is 24.5 Å². The van der Waals surface area contributed by atoms with Crippen molar-refractivity contribution in [2.75, 3.05) is 13.2 Å². The molecule has 0 spiro atoms. The van der Waals surface area contributed by atoms with Gasteiger partial charge in [0.2, 0.25) is 0 Å². The van der Waals surface area contributed by atoms with Crippen molar-refractivity contribution in [3.05, 3.63) is 18.0 Å². The lowest BCUT2D eigenvalue weighted by Crippen LogP contribution is -2.38. The van der Waals surface area contributed by atoms with Gasteiger partial charge in [-0.05, 0) is 19.8 Å². The number of aromatic amines is 1. The van der Waals surface area contributed by atoms with Gasteiger partial charge in [0.15, 0.2) is 0 Å². The summed E-state index contributed by atoms with van der Waals surface area (Å²) in [4.78, 5) is 25.1. The quantitative estimate of drug-likeness (QED) is 0.760. The predicted molar refractivity (Wildman–Crippen MR) is 59.3 cm³/mol. The maximum atomic E-state index is 12.1. The van der Waals surface area contributed by atoms with Gasteiger partial charge < -0.3 is 9.64 Å². The first kappa shape index (κ1) is 11.6. The summed E-state index contributed by atoms with van der Waals surface area (Å²) in [5.74, 6) is -0.537. The fourth-order valence-corrected chi connectivity index (χ4v) is 1.63. The molecule has 1 N–H and O–H groups in total. The highest BCUT2D eigenvalue weighted by atomic mass is 16.5. The van der Waals surface area contributed by atoms with Crippen molar-refractivity contribution in [3.8, 4) is 0 Å². The van der Waals surface area contributed by atoms with Crippen LogP contribution in [0, 0.1) is 0 Å². The Bertz CT molecular complexity index is 398. The minimum absolute atomic E-state index is 0.0164. The molecule has 6 heteroatoms. The number of hydrogen-bond acceptors (Lipinski definition) is 4. The first-order valence-corrected chi connectivity index (χ1v) is 5.67. The number of rotatable bonds is 5. The molecule has 0 radical (unpaired) electrons. The minimum Gasteiger partial charge on any atom is -0.465 e. The van der Waals surface area contributed by atoms with Crippen LogP contribution in [0.5, 0.6) is 0 Å². The highest BCUT2D eigenvalue weighted by Crippen LogP contribution is 2.27. The van der Waals surface area contributed by atoms with E-state index in [9.17, 15) is 9.59 Å². The van der Waals surface area contributed by atoms with E-state index in [1.54, 1.807) is 11.8 Å². The van der Waals surface area contributed by atoms with Gasteiger partial charge in [0.05, 0.1) is 18.4 Å². The summed E-state index contributed by atoms with van der Waals surface area (Å²) in [5.41, 5.74) is 0.473. The highest BCUT2D eigenvalue weighted by molar-refractivity contribution is 5.95. The van der Waals surface area contributed by atoms with Crippen LogP contribution < -0.4 is 0 Å². The smallest absolute Gasteiger partial charge is 0.325 e. The van der Waals surface area contributed by atoms with Gasteiger partial charge in [-0.1, -0.05) is 0 Å². The first-order valence-electron chi connectivity index (χ1n) is 5.67. The van der Waals surface area contributed by atoms with Crippen LogP contribution in [0.3, 0.4) is 0 Å². The van der Waals surface area contributed by atoms with E-state index in [4.69, 9.17) is 4.74 Å². The number of hydrogen-bond donors (Lipinski definition) is 1. The topological polar surface area (TPSA) is 75.3 Å². The Kier molecular flexibility index (Phi) is 3.41. The molecule has 0 saturated heterocycles. The highest BCUT2D eigenvalue weighted by Gasteiger charge is 2.34.